The molecule has 0 bridgehead atoms. The van der Waals surface area contributed by atoms with Crippen LogP contribution in [-0.4, -0.2) is 62.0 Å². The number of piperazine rings is 1. The van der Waals surface area contributed by atoms with Crippen molar-refractivity contribution in [2.75, 3.05) is 52.0 Å². The quantitative estimate of drug-likeness (QED) is 0.803. The van der Waals surface area contributed by atoms with Crippen LogP contribution < -0.4 is 11.1 Å². The normalized spacial score (nSPS) is 17.1. The molecular weight excluding hydrogens is 320 g/mol. The lowest BCUT2D eigenvalue weighted by Crippen LogP contribution is -2.46. The van der Waals surface area contributed by atoms with Crippen molar-refractivity contribution in [3.05, 3.63) is 28.2 Å². The van der Waals surface area contributed by atoms with Gasteiger partial charge in [0.1, 0.15) is 0 Å². The molecule has 3 N–H and O–H groups in total. The van der Waals surface area contributed by atoms with Gasteiger partial charge in [0.2, 0.25) is 0 Å². The molecule has 0 spiro atoms. The van der Waals surface area contributed by atoms with E-state index in [2.05, 4.69) is 38.1 Å². The van der Waals surface area contributed by atoms with Crippen molar-refractivity contribution in [1.82, 2.24) is 15.1 Å². The number of nitrogens with one attached hydrogen (secondary N) is 1. The molecule has 5 nitrogen and oxygen atoms in total. The van der Waals surface area contributed by atoms with Gasteiger partial charge in [0, 0.05) is 45.0 Å². The minimum Gasteiger partial charge on any atom is -0.398 e. The number of rotatable bonds is 4. The third kappa shape index (κ3) is 3.94. The number of nitrogen functional groups attached to an aromatic ring is 1. The summed E-state index contributed by atoms with van der Waals surface area (Å²) < 4.78 is 0.664. The number of anilines is 1. The highest BCUT2D eigenvalue weighted by Gasteiger charge is 2.14. The first-order valence-corrected chi connectivity index (χ1v) is 7.60. The van der Waals surface area contributed by atoms with Crippen LogP contribution in [0, 0.1) is 0 Å². The smallest absolute Gasteiger partial charge is 0.252 e. The summed E-state index contributed by atoms with van der Waals surface area (Å²) in [6.45, 7) is 5.86. The second-order valence-corrected chi connectivity index (χ2v) is 5.90. The summed E-state index contributed by atoms with van der Waals surface area (Å²) in [5.41, 5.74) is 6.94. The Hall–Kier alpha value is -1.11. The standard InChI is InChI=1S/C14H21BrN4O/c1-18-7-9-19(10-8-18)6-5-17-14(20)11-3-2-4-12(16)13(11)15/h2-4H,5-10,16H2,1H3,(H,17,20). The Morgan fingerprint density at radius 3 is 2.75 bits per heavy atom. The van der Waals surface area contributed by atoms with Crippen molar-refractivity contribution in [1.29, 1.82) is 0 Å². The molecule has 6 heteroatoms. The molecule has 0 aromatic heterocycles. The van der Waals surface area contributed by atoms with Gasteiger partial charge in [-0.1, -0.05) is 6.07 Å². The Labute approximate surface area is 128 Å². The van der Waals surface area contributed by atoms with Crippen LogP contribution in [0.15, 0.2) is 22.7 Å². The molecule has 0 radical (unpaired) electrons. The molecule has 1 aromatic rings. The fourth-order valence-electron chi connectivity index (χ4n) is 2.22. The number of carbonyl (C=O) groups is 1. The number of hydrogen-bond acceptors (Lipinski definition) is 4. The highest BCUT2D eigenvalue weighted by atomic mass is 79.9. The fourth-order valence-corrected chi connectivity index (χ4v) is 2.66. The maximum absolute atomic E-state index is 12.1. The first-order valence-electron chi connectivity index (χ1n) is 6.81. The van der Waals surface area contributed by atoms with E-state index in [9.17, 15) is 4.79 Å². The number of benzene rings is 1. The molecule has 1 fully saturated rings. The third-order valence-corrected chi connectivity index (χ3v) is 4.47. The Kier molecular flexibility index (Phi) is 5.39. The highest BCUT2D eigenvalue weighted by Crippen LogP contribution is 2.23. The fraction of sp³-hybridized carbons (Fsp3) is 0.500. The van der Waals surface area contributed by atoms with Gasteiger partial charge in [-0.3, -0.25) is 9.69 Å². The largest absolute Gasteiger partial charge is 0.398 e. The van der Waals surface area contributed by atoms with Gasteiger partial charge in [-0.15, -0.1) is 0 Å². The van der Waals surface area contributed by atoms with Crippen LogP contribution in [0.3, 0.4) is 0 Å². The zero-order valence-corrected chi connectivity index (χ0v) is 13.3. The zero-order chi connectivity index (χ0) is 14.5. The highest BCUT2D eigenvalue weighted by molar-refractivity contribution is 9.10. The molecule has 0 saturated carbocycles. The zero-order valence-electron chi connectivity index (χ0n) is 11.7. The molecule has 1 aliphatic heterocycles. The molecule has 0 atom stereocenters. The Bertz CT molecular complexity index is 472. The predicted octanol–water partition coefficient (Wildman–Crippen LogP) is 1.01. The molecule has 1 saturated heterocycles. The summed E-state index contributed by atoms with van der Waals surface area (Å²) >= 11 is 3.35. The lowest BCUT2D eigenvalue weighted by molar-refractivity contribution is 0.0940. The number of hydrogen-bond donors (Lipinski definition) is 2. The van der Waals surface area contributed by atoms with Gasteiger partial charge in [0.15, 0.2) is 0 Å². The minimum atomic E-state index is -0.0849. The average molecular weight is 341 g/mol. The molecule has 1 amide bonds. The Morgan fingerprint density at radius 1 is 1.35 bits per heavy atom. The van der Waals surface area contributed by atoms with Crippen LogP contribution in [0.2, 0.25) is 0 Å². The molecule has 1 aromatic carbocycles. The van der Waals surface area contributed by atoms with Crippen molar-refractivity contribution in [3.8, 4) is 0 Å². The number of nitrogens with zero attached hydrogens (tertiary/aromatic N) is 2. The monoisotopic (exact) mass is 340 g/mol. The van der Waals surface area contributed by atoms with E-state index >= 15 is 0 Å². The van der Waals surface area contributed by atoms with Crippen molar-refractivity contribution < 1.29 is 4.79 Å². The molecule has 2 rings (SSSR count). The average Bonchev–Trinajstić information content (AvgIpc) is 2.44. The number of nitrogens with two attached hydrogens (primary N) is 1. The molecule has 0 unspecified atom stereocenters. The van der Waals surface area contributed by atoms with E-state index in [0.29, 0.717) is 22.3 Å². The summed E-state index contributed by atoms with van der Waals surface area (Å²) in [6, 6.07) is 5.33. The van der Waals surface area contributed by atoms with Crippen molar-refractivity contribution >= 4 is 27.5 Å². The van der Waals surface area contributed by atoms with Gasteiger partial charge in [0.05, 0.1) is 10.0 Å². The van der Waals surface area contributed by atoms with E-state index < -0.39 is 0 Å². The van der Waals surface area contributed by atoms with Crippen LogP contribution in [0.4, 0.5) is 5.69 Å². The first kappa shape index (κ1) is 15.3. The van der Waals surface area contributed by atoms with Crippen LogP contribution in [0.1, 0.15) is 10.4 Å². The van der Waals surface area contributed by atoms with Crippen molar-refractivity contribution in [3.63, 3.8) is 0 Å². The van der Waals surface area contributed by atoms with Crippen LogP contribution in [0.25, 0.3) is 0 Å². The van der Waals surface area contributed by atoms with E-state index in [1.807, 2.05) is 0 Å². The molecule has 1 heterocycles. The van der Waals surface area contributed by atoms with Crippen LogP contribution in [0.5, 0.6) is 0 Å². The van der Waals surface area contributed by atoms with E-state index in [4.69, 9.17) is 5.73 Å². The molecular formula is C14H21BrN4O. The van der Waals surface area contributed by atoms with E-state index in [1.165, 1.54) is 0 Å². The number of amides is 1. The predicted molar refractivity (Wildman–Crippen MR) is 84.8 cm³/mol. The Balaban J connectivity index is 1.79. The van der Waals surface area contributed by atoms with E-state index in [0.717, 1.165) is 32.7 Å². The second-order valence-electron chi connectivity index (χ2n) is 5.11. The number of likely N-dealkylation sites (N-methyl/N-ethyl adjacent to an activating group) is 1. The first-order chi connectivity index (χ1) is 9.58. The van der Waals surface area contributed by atoms with E-state index in [-0.39, 0.29) is 5.91 Å². The molecule has 110 valence electrons. The summed E-state index contributed by atoms with van der Waals surface area (Å²) in [4.78, 5) is 16.8. The summed E-state index contributed by atoms with van der Waals surface area (Å²) in [5, 5.41) is 2.95. The maximum atomic E-state index is 12.1. The number of carbonyl (C=O) groups excluding carboxylic acids is 1. The Morgan fingerprint density at radius 2 is 2.05 bits per heavy atom. The summed E-state index contributed by atoms with van der Waals surface area (Å²) in [6.07, 6.45) is 0. The van der Waals surface area contributed by atoms with Crippen LogP contribution in [-0.2, 0) is 0 Å². The van der Waals surface area contributed by atoms with Gasteiger partial charge in [-0.05, 0) is 35.1 Å². The van der Waals surface area contributed by atoms with Gasteiger partial charge in [-0.25, -0.2) is 0 Å². The van der Waals surface area contributed by atoms with Gasteiger partial charge in [-0.2, -0.15) is 0 Å². The second kappa shape index (κ2) is 7.06. The topological polar surface area (TPSA) is 61.6 Å². The van der Waals surface area contributed by atoms with Crippen LogP contribution >= 0.6 is 15.9 Å². The van der Waals surface area contributed by atoms with Crippen molar-refractivity contribution in [2.45, 2.75) is 0 Å². The molecule has 0 aliphatic carbocycles. The lowest BCUT2D eigenvalue weighted by Gasteiger charge is -2.32. The summed E-state index contributed by atoms with van der Waals surface area (Å²) in [5.74, 6) is -0.0849. The molecule has 1 aliphatic rings. The SMILES string of the molecule is CN1CCN(CCNC(=O)c2cccc(N)c2Br)CC1. The van der Waals surface area contributed by atoms with E-state index in [1.54, 1.807) is 18.2 Å². The van der Waals surface area contributed by atoms with Gasteiger partial charge < -0.3 is 16.0 Å². The van der Waals surface area contributed by atoms with Gasteiger partial charge in [0.25, 0.3) is 5.91 Å². The molecule has 20 heavy (non-hydrogen) atoms. The lowest BCUT2D eigenvalue weighted by atomic mass is 10.2. The third-order valence-electron chi connectivity index (χ3n) is 3.58. The minimum absolute atomic E-state index is 0.0849. The summed E-state index contributed by atoms with van der Waals surface area (Å²) in [7, 11) is 2.14. The van der Waals surface area contributed by atoms with Gasteiger partial charge >= 0.3 is 0 Å². The number of halogens is 1. The maximum Gasteiger partial charge on any atom is 0.252 e. The van der Waals surface area contributed by atoms with Crippen molar-refractivity contribution in [2.24, 2.45) is 0 Å².